The number of amides is 1. The van der Waals surface area contributed by atoms with Crippen LogP contribution in [0.25, 0.3) is 0 Å². The zero-order valence-corrected chi connectivity index (χ0v) is 16.2. The molecule has 3 rings (SSSR count). The molecule has 1 saturated heterocycles. The Morgan fingerprint density at radius 2 is 2.20 bits per heavy atom. The van der Waals surface area contributed by atoms with Crippen LogP contribution in [0.4, 0.5) is 5.13 Å². The van der Waals surface area contributed by atoms with Crippen LogP contribution in [0.1, 0.15) is 22.6 Å². The molecule has 1 aliphatic heterocycles. The summed E-state index contributed by atoms with van der Waals surface area (Å²) < 4.78 is 0. The van der Waals surface area contributed by atoms with E-state index < -0.39 is 0 Å². The smallest absolute Gasteiger partial charge is 0.296 e. The number of hydrogen-bond donors (Lipinski definition) is 1. The molecule has 1 aliphatic rings. The highest BCUT2D eigenvalue weighted by molar-refractivity contribution is 7.15. The number of benzene rings is 1. The molecule has 7 heteroatoms. The van der Waals surface area contributed by atoms with Gasteiger partial charge in [0.1, 0.15) is 0 Å². The van der Waals surface area contributed by atoms with Crippen molar-refractivity contribution in [2.75, 3.05) is 18.0 Å². The number of rotatable bonds is 2. The predicted molar refractivity (Wildman–Crippen MR) is 104 cm³/mol. The van der Waals surface area contributed by atoms with Crippen molar-refractivity contribution in [3.8, 4) is 11.8 Å². The summed E-state index contributed by atoms with van der Waals surface area (Å²) in [5, 5.41) is 4.95. The number of thiazole rings is 1. The largest absolute Gasteiger partial charge is 0.346 e. The lowest BCUT2D eigenvalue weighted by Crippen LogP contribution is -2.36. The monoisotopic (exact) mass is 393 g/mol. The lowest BCUT2D eigenvalue weighted by molar-refractivity contribution is -0.116. The standard InChI is InChI=1S/C18H17Cl2N3OS/c1-11-12(2)25-18(21-11)23-8-7-15(10-23)22-17(24)6-4-13-3-5-14(19)9-16(13)20/h3,5,9,15H,7-8,10H2,1-2H3,(H,22,24). The molecule has 130 valence electrons. The second kappa shape index (κ2) is 7.65. The van der Waals surface area contributed by atoms with Crippen molar-refractivity contribution in [3.05, 3.63) is 44.4 Å². The fraction of sp³-hybridized carbons (Fsp3) is 0.333. The highest BCUT2D eigenvalue weighted by atomic mass is 35.5. The average Bonchev–Trinajstić information content (AvgIpc) is 3.14. The van der Waals surface area contributed by atoms with Gasteiger partial charge in [0.15, 0.2) is 5.13 Å². The van der Waals surface area contributed by atoms with E-state index in [2.05, 4.69) is 34.0 Å². The van der Waals surface area contributed by atoms with Gasteiger partial charge < -0.3 is 10.2 Å². The van der Waals surface area contributed by atoms with E-state index in [1.54, 1.807) is 29.5 Å². The second-order valence-corrected chi connectivity index (χ2v) is 7.94. The van der Waals surface area contributed by atoms with E-state index in [-0.39, 0.29) is 11.9 Å². The molecule has 0 bridgehead atoms. The van der Waals surface area contributed by atoms with Crippen LogP contribution in [0.2, 0.25) is 10.0 Å². The number of aryl methyl sites for hydroxylation is 2. The minimum atomic E-state index is -0.302. The van der Waals surface area contributed by atoms with Gasteiger partial charge in [0.25, 0.3) is 5.91 Å². The van der Waals surface area contributed by atoms with E-state index in [1.807, 2.05) is 6.92 Å². The second-order valence-electron chi connectivity index (χ2n) is 5.92. The summed E-state index contributed by atoms with van der Waals surface area (Å²) >= 11 is 13.6. The van der Waals surface area contributed by atoms with Crippen LogP contribution in [0.3, 0.4) is 0 Å². The number of carbonyl (C=O) groups excluding carboxylic acids is 1. The Morgan fingerprint density at radius 1 is 1.40 bits per heavy atom. The van der Waals surface area contributed by atoms with Gasteiger partial charge >= 0.3 is 0 Å². The van der Waals surface area contributed by atoms with E-state index in [0.29, 0.717) is 15.6 Å². The first-order chi connectivity index (χ1) is 11.9. The predicted octanol–water partition coefficient (Wildman–Crippen LogP) is 3.81. The molecule has 0 saturated carbocycles. The lowest BCUT2D eigenvalue weighted by atomic mass is 10.2. The minimum absolute atomic E-state index is 0.0759. The molecule has 1 amide bonds. The fourth-order valence-electron chi connectivity index (χ4n) is 2.58. The lowest BCUT2D eigenvalue weighted by Gasteiger charge is -2.14. The summed E-state index contributed by atoms with van der Waals surface area (Å²) in [6, 6.07) is 5.09. The van der Waals surface area contributed by atoms with Gasteiger partial charge in [-0.3, -0.25) is 4.79 Å². The van der Waals surface area contributed by atoms with E-state index in [4.69, 9.17) is 23.2 Å². The van der Waals surface area contributed by atoms with Gasteiger partial charge in [-0.1, -0.05) is 29.1 Å². The molecule has 1 fully saturated rings. The molecule has 2 aromatic rings. The summed E-state index contributed by atoms with van der Waals surface area (Å²) in [6.45, 7) is 5.72. The fourth-order valence-corrected chi connectivity index (χ4v) is 3.98. The van der Waals surface area contributed by atoms with Crippen molar-refractivity contribution in [1.82, 2.24) is 10.3 Å². The number of carbonyl (C=O) groups is 1. The number of halogens is 2. The molecule has 1 N–H and O–H groups in total. The molecule has 4 nitrogen and oxygen atoms in total. The van der Waals surface area contributed by atoms with Crippen LogP contribution in [-0.4, -0.2) is 30.0 Å². The van der Waals surface area contributed by atoms with Crippen LogP contribution < -0.4 is 10.2 Å². The van der Waals surface area contributed by atoms with Gasteiger partial charge in [0, 0.05) is 40.5 Å². The third-order valence-corrected chi connectivity index (χ3v) is 5.73. The van der Waals surface area contributed by atoms with Crippen LogP contribution in [0, 0.1) is 25.7 Å². The maximum atomic E-state index is 12.1. The Labute approximate surface area is 161 Å². The van der Waals surface area contributed by atoms with Crippen molar-refractivity contribution in [3.63, 3.8) is 0 Å². The summed E-state index contributed by atoms with van der Waals surface area (Å²) in [7, 11) is 0. The van der Waals surface area contributed by atoms with Gasteiger partial charge in [0.05, 0.1) is 10.7 Å². The summed E-state index contributed by atoms with van der Waals surface area (Å²) in [4.78, 5) is 20.1. The quantitative estimate of drug-likeness (QED) is 0.788. The van der Waals surface area contributed by atoms with Crippen molar-refractivity contribution in [1.29, 1.82) is 0 Å². The molecule has 0 radical (unpaired) electrons. The van der Waals surface area contributed by atoms with Crippen LogP contribution in [0.15, 0.2) is 18.2 Å². The van der Waals surface area contributed by atoms with Gasteiger partial charge in [-0.15, -0.1) is 11.3 Å². The topological polar surface area (TPSA) is 45.2 Å². The average molecular weight is 394 g/mol. The van der Waals surface area contributed by atoms with E-state index in [1.165, 1.54) is 4.88 Å². The maximum Gasteiger partial charge on any atom is 0.296 e. The zero-order valence-electron chi connectivity index (χ0n) is 13.9. The highest BCUT2D eigenvalue weighted by Gasteiger charge is 2.25. The Balaban J connectivity index is 1.58. The number of nitrogens with one attached hydrogen (secondary N) is 1. The molecular weight excluding hydrogens is 377 g/mol. The molecule has 1 atom stereocenters. The maximum absolute atomic E-state index is 12.1. The van der Waals surface area contributed by atoms with Crippen LogP contribution >= 0.6 is 34.5 Å². The number of nitrogens with zero attached hydrogens (tertiary/aromatic N) is 2. The van der Waals surface area contributed by atoms with Crippen molar-refractivity contribution < 1.29 is 4.79 Å². The summed E-state index contributed by atoms with van der Waals surface area (Å²) in [5.41, 5.74) is 1.65. The highest BCUT2D eigenvalue weighted by Crippen LogP contribution is 2.28. The summed E-state index contributed by atoms with van der Waals surface area (Å²) in [6.07, 6.45) is 0.882. The first-order valence-corrected chi connectivity index (χ1v) is 9.46. The van der Waals surface area contributed by atoms with Gasteiger partial charge in [-0.25, -0.2) is 4.98 Å². The minimum Gasteiger partial charge on any atom is -0.346 e. The Bertz CT molecular complexity index is 849. The van der Waals surface area contributed by atoms with Gasteiger partial charge in [-0.2, -0.15) is 0 Å². The third kappa shape index (κ3) is 4.46. The first-order valence-electron chi connectivity index (χ1n) is 7.89. The molecule has 2 heterocycles. The summed E-state index contributed by atoms with van der Waals surface area (Å²) in [5.74, 6) is 5.08. The van der Waals surface area contributed by atoms with Crippen LogP contribution in [-0.2, 0) is 4.79 Å². The third-order valence-electron chi connectivity index (χ3n) is 4.05. The van der Waals surface area contributed by atoms with Gasteiger partial charge in [0.2, 0.25) is 0 Å². The number of aromatic nitrogens is 1. The van der Waals surface area contributed by atoms with Crippen molar-refractivity contribution in [2.24, 2.45) is 0 Å². The van der Waals surface area contributed by atoms with Crippen molar-refractivity contribution in [2.45, 2.75) is 26.3 Å². The Hall–Kier alpha value is -1.74. The first kappa shape index (κ1) is 18.1. The van der Waals surface area contributed by atoms with Gasteiger partial charge in [-0.05, 0) is 38.5 Å². The number of anilines is 1. The van der Waals surface area contributed by atoms with E-state index in [9.17, 15) is 4.79 Å². The van der Waals surface area contributed by atoms with E-state index in [0.717, 1.165) is 30.3 Å². The molecule has 0 spiro atoms. The molecule has 1 unspecified atom stereocenters. The molecule has 1 aromatic carbocycles. The molecule has 1 aromatic heterocycles. The Morgan fingerprint density at radius 3 is 2.88 bits per heavy atom. The van der Waals surface area contributed by atoms with E-state index >= 15 is 0 Å². The zero-order chi connectivity index (χ0) is 18.0. The molecule has 0 aliphatic carbocycles. The number of hydrogen-bond acceptors (Lipinski definition) is 4. The normalized spacial score (nSPS) is 16.5. The molecule has 25 heavy (non-hydrogen) atoms. The molecular formula is C18H17Cl2N3OS. The Kier molecular flexibility index (Phi) is 5.53. The van der Waals surface area contributed by atoms with Crippen LogP contribution in [0.5, 0.6) is 0 Å². The SMILES string of the molecule is Cc1nc(N2CCC(NC(=O)C#Cc3ccc(Cl)cc3Cl)C2)sc1C. The van der Waals surface area contributed by atoms with Crippen molar-refractivity contribution >= 4 is 45.6 Å².